The van der Waals surface area contributed by atoms with E-state index >= 15 is 0 Å². The predicted octanol–water partition coefficient (Wildman–Crippen LogP) is 3.22. The number of rotatable bonds is 4. The number of carbonyl (C=O) groups is 3. The van der Waals surface area contributed by atoms with Crippen molar-refractivity contribution in [3.05, 3.63) is 70.7 Å². The van der Waals surface area contributed by atoms with Gasteiger partial charge in [-0.15, -0.1) is 0 Å². The first-order chi connectivity index (χ1) is 14.5. The van der Waals surface area contributed by atoms with E-state index in [0.717, 1.165) is 24.9 Å². The summed E-state index contributed by atoms with van der Waals surface area (Å²) in [5.41, 5.74) is 2.19. The van der Waals surface area contributed by atoms with Crippen molar-refractivity contribution < 1.29 is 14.4 Å². The average molecular weight is 464 g/mol. The number of para-hydroxylation sites is 2. The molecule has 150 valence electrons. The molecular weight excluding hydrogens is 445 g/mol. The molecule has 2 heterocycles. The Morgan fingerprint density at radius 1 is 0.967 bits per heavy atom. The molecule has 6 nitrogen and oxygen atoms in total. The fraction of sp³-hybridized carbons (Fsp3) is 0.0870. The summed E-state index contributed by atoms with van der Waals surface area (Å²) in [4.78, 5) is 36.6. The van der Waals surface area contributed by atoms with Crippen molar-refractivity contribution in [3.8, 4) is 4.56 Å². The summed E-state index contributed by atoms with van der Waals surface area (Å²) in [6, 6.07) is 19.9. The Hall–Kier alpha value is -3.41. The van der Waals surface area contributed by atoms with Crippen LogP contribution in [0.5, 0.6) is 0 Å². The van der Waals surface area contributed by atoms with Gasteiger partial charge in [0.25, 0.3) is 0 Å². The number of imide groups is 1. The number of nitrogens with one attached hydrogen (secondary N) is 1. The molecule has 0 aliphatic heterocycles. The Balaban J connectivity index is 1.78. The predicted molar refractivity (Wildman–Crippen MR) is 119 cm³/mol. The zero-order valence-corrected chi connectivity index (χ0v) is 18.2. The van der Waals surface area contributed by atoms with Gasteiger partial charge < -0.3 is 0 Å². The second kappa shape index (κ2) is 8.14. The van der Waals surface area contributed by atoms with Gasteiger partial charge in [-0.05, 0) is 0 Å². The minimum absolute atomic E-state index is 0.0499. The molecule has 0 saturated heterocycles. The van der Waals surface area contributed by atoms with Gasteiger partial charge in [0, 0.05) is 0 Å². The van der Waals surface area contributed by atoms with Crippen LogP contribution in [0.4, 0.5) is 4.79 Å². The Labute approximate surface area is 179 Å². The quantitative estimate of drug-likeness (QED) is 0.166. The summed E-state index contributed by atoms with van der Waals surface area (Å²) in [5, 5.41) is 4.75. The molecule has 0 aliphatic rings. The Morgan fingerprint density at radius 2 is 1.57 bits per heavy atom. The summed E-state index contributed by atoms with van der Waals surface area (Å²) < 4.78 is 4.24. The molecule has 1 N–H and O–H groups in total. The molecule has 30 heavy (non-hydrogen) atoms. The monoisotopic (exact) mass is 465 g/mol. The number of nitrogens with zero attached hydrogens (tertiary/aromatic N) is 2. The van der Waals surface area contributed by atoms with Crippen LogP contribution in [0.15, 0.2) is 66.2 Å². The number of aldehydes is 1. The van der Waals surface area contributed by atoms with E-state index in [2.05, 4.69) is 34.1 Å². The molecule has 0 saturated carbocycles. The number of urea groups is 1. The van der Waals surface area contributed by atoms with E-state index in [4.69, 9.17) is 0 Å². The van der Waals surface area contributed by atoms with Crippen molar-refractivity contribution in [2.45, 2.75) is 0 Å². The summed E-state index contributed by atoms with van der Waals surface area (Å²) in [6.07, 6.45) is 2.07. The maximum absolute atomic E-state index is 12.4. The molecule has 0 bridgehead atoms. The van der Waals surface area contributed by atoms with Gasteiger partial charge in [0.05, 0.1) is 0 Å². The molecule has 4 rings (SSSR count). The summed E-state index contributed by atoms with van der Waals surface area (Å²) in [6.45, 7) is 0. The van der Waals surface area contributed by atoms with Crippen molar-refractivity contribution in [2.24, 2.45) is 0 Å². The molecule has 2 aromatic heterocycles. The molecule has 2 aromatic carbocycles. The van der Waals surface area contributed by atoms with Crippen LogP contribution >= 0.6 is 0 Å². The van der Waals surface area contributed by atoms with Crippen LogP contribution in [-0.4, -0.2) is 56.3 Å². The molecule has 4 aromatic rings. The number of hydrogen-bond donors (Lipinski definition) is 1. The van der Waals surface area contributed by atoms with Crippen molar-refractivity contribution >= 4 is 60.6 Å². The van der Waals surface area contributed by atoms with Crippen molar-refractivity contribution in [3.63, 3.8) is 0 Å². The van der Waals surface area contributed by atoms with Gasteiger partial charge in [0.15, 0.2) is 0 Å². The first-order valence-corrected chi connectivity index (χ1v) is 11.0. The molecule has 0 aliphatic carbocycles. The molecule has 0 radical (unpaired) electrons. The normalized spacial score (nSPS) is 11.6. The molecule has 3 amide bonds. The zero-order chi connectivity index (χ0) is 21.3. The van der Waals surface area contributed by atoms with Crippen molar-refractivity contribution in [1.29, 1.82) is 0 Å². The standard InChI is InChI=1S/C23H19N3O3Se/c1-24-23(29)25(2)22(28)15(14-27)13-16-11-12-21(30-16)26-19-9-5-3-7-17(19)18-8-4-6-10-20(18)26/h3-14H,1-2H3,(H,24,29)/b15-13-. The van der Waals surface area contributed by atoms with E-state index in [1.807, 2.05) is 36.4 Å². The third kappa shape index (κ3) is 3.38. The van der Waals surface area contributed by atoms with Gasteiger partial charge in [-0.2, -0.15) is 0 Å². The number of amides is 3. The second-order valence-electron chi connectivity index (χ2n) is 6.68. The molecule has 7 heteroatoms. The van der Waals surface area contributed by atoms with Crippen LogP contribution in [-0.2, 0) is 9.59 Å². The van der Waals surface area contributed by atoms with Gasteiger partial charge in [-0.3, -0.25) is 0 Å². The second-order valence-corrected chi connectivity index (χ2v) is 8.98. The van der Waals surface area contributed by atoms with E-state index in [1.54, 1.807) is 6.08 Å². The van der Waals surface area contributed by atoms with E-state index in [0.29, 0.717) is 6.29 Å². The number of benzene rings is 2. The Kier molecular flexibility index (Phi) is 5.40. The zero-order valence-electron chi connectivity index (χ0n) is 16.5. The van der Waals surface area contributed by atoms with Gasteiger partial charge in [0.1, 0.15) is 0 Å². The Morgan fingerprint density at radius 3 is 2.13 bits per heavy atom. The number of hydrogen-bond acceptors (Lipinski definition) is 3. The molecule has 0 spiro atoms. The van der Waals surface area contributed by atoms with E-state index in [-0.39, 0.29) is 20.1 Å². The molecule has 0 unspecified atom stereocenters. The average Bonchev–Trinajstić information content (AvgIpc) is 3.37. The van der Waals surface area contributed by atoms with Crippen LogP contribution in [0, 0.1) is 0 Å². The van der Waals surface area contributed by atoms with Gasteiger partial charge in [-0.1, -0.05) is 0 Å². The molecule has 0 fully saturated rings. The summed E-state index contributed by atoms with van der Waals surface area (Å²) >= 11 is -0.106. The van der Waals surface area contributed by atoms with Crippen LogP contribution in [0.3, 0.4) is 0 Å². The van der Waals surface area contributed by atoms with Crippen molar-refractivity contribution in [1.82, 2.24) is 14.8 Å². The Bertz CT molecular complexity index is 1260. The van der Waals surface area contributed by atoms with Gasteiger partial charge in [-0.25, -0.2) is 0 Å². The topological polar surface area (TPSA) is 71.4 Å². The first kappa shape index (κ1) is 19.9. The van der Waals surface area contributed by atoms with Crippen LogP contribution < -0.4 is 5.32 Å². The van der Waals surface area contributed by atoms with E-state index < -0.39 is 11.9 Å². The number of likely N-dealkylation sites (N-methyl/N-ethyl adjacent to an activating group) is 1. The summed E-state index contributed by atoms with van der Waals surface area (Å²) in [5.74, 6) is -0.633. The fourth-order valence-corrected chi connectivity index (χ4v) is 5.52. The van der Waals surface area contributed by atoms with E-state index in [9.17, 15) is 14.4 Å². The molecular formula is C23H19N3O3Se. The van der Waals surface area contributed by atoms with Gasteiger partial charge >= 0.3 is 179 Å². The minimum atomic E-state index is -0.633. The van der Waals surface area contributed by atoms with Crippen LogP contribution in [0.1, 0.15) is 4.44 Å². The first-order valence-electron chi connectivity index (χ1n) is 9.30. The van der Waals surface area contributed by atoms with E-state index in [1.165, 1.54) is 24.9 Å². The van der Waals surface area contributed by atoms with Crippen LogP contribution in [0.25, 0.3) is 32.4 Å². The SMILES string of the molecule is CNC(=O)N(C)C(=O)/C(C=O)=C\c1ccc(-n2c3ccccc3c3ccccc32)[se]1. The third-order valence-corrected chi connectivity index (χ3v) is 7.04. The number of fused-ring (bicyclic) bond motifs is 3. The number of carbonyl (C=O) groups excluding carboxylic acids is 3. The summed E-state index contributed by atoms with van der Waals surface area (Å²) in [7, 11) is 2.77. The van der Waals surface area contributed by atoms with Gasteiger partial charge in [0.2, 0.25) is 0 Å². The maximum atomic E-state index is 12.4. The van der Waals surface area contributed by atoms with Crippen molar-refractivity contribution in [2.75, 3.05) is 14.1 Å². The number of aromatic nitrogens is 1. The molecule has 0 atom stereocenters. The fourth-order valence-electron chi connectivity index (χ4n) is 3.45. The third-order valence-electron chi connectivity index (χ3n) is 4.91. The van der Waals surface area contributed by atoms with Crippen LogP contribution in [0.2, 0.25) is 0 Å².